The lowest BCUT2D eigenvalue weighted by atomic mass is 9.90. The van der Waals surface area contributed by atoms with Gasteiger partial charge in [0, 0.05) is 23.1 Å². The molecule has 26 heavy (non-hydrogen) atoms. The molecule has 1 aliphatic carbocycles. The van der Waals surface area contributed by atoms with Crippen LogP contribution < -0.4 is 9.61 Å². The Kier molecular flexibility index (Phi) is 4.65. The lowest BCUT2D eigenvalue weighted by Crippen LogP contribution is -2.23. The zero-order valence-corrected chi connectivity index (χ0v) is 15.3. The Balaban J connectivity index is 1.79. The summed E-state index contributed by atoms with van der Waals surface area (Å²) in [6, 6.07) is 6.91. The van der Waals surface area contributed by atoms with Gasteiger partial charge in [-0.1, -0.05) is 23.5 Å². The molecular weight excluding hydrogens is 354 g/mol. The van der Waals surface area contributed by atoms with Gasteiger partial charge in [0.2, 0.25) is 11.7 Å². The molecule has 0 spiro atoms. The number of Topliss-reactive ketones (excluding diaryl/α,β-unsaturated/α-hetero) is 2. The fourth-order valence-corrected chi connectivity index (χ4v) is 3.40. The largest absolute Gasteiger partial charge is 0.494 e. The van der Waals surface area contributed by atoms with E-state index in [1.165, 1.54) is 0 Å². The van der Waals surface area contributed by atoms with E-state index in [0.29, 0.717) is 33.8 Å². The van der Waals surface area contributed by atoms with Crippen LogP contribution in [0.25, 0.3) is 0 Å². The van der Waals surface area contributed by atoms with Gasteiger partial charge in [0.1, 0.15) is 5.75 Å². The second-order valence-corrected chi connectivity index (χ2v) is 7.14. The van der Waals surface area contributed by atoms with Crippen LogP contribution in [0.2, 0.25) is 0 Å². The minimum atomic E-state index is -0.306. The normalized spacial score (nSPS) is 15.0. The highest BCUT2D eigenvalue weighted by molar-refractivity contribution is 7.09. The fraction of sp³-hybridized carbons (Fsp3) is 0.211. The molecule has 1 aliphatic rings. The molecule has 2 N–H and O–H groups in total. The Morgan fingerprint density at radius 1 is 0.962 bits per heavy atom. The molecule has 6 nitrogen and oxygen atoms in total. The van der Waals surface area contributed by atoms with Crippen molar-refractivity contribution in [2.75, 3.05) is 0 Å². The average molecular weight is 371 g/mol. The molecule has 0 aliphatic heterocycles. The minimum absolute atomic E-state index is 0.0485. The number of benzene rings is 1. The van der Waals surface area contributed by atoms with E-state index in [0.717, 1.165) is 16.9 Å². The van der Waals surface area contributed by atoms with Gasteiger partial charge >= 0.3 is 4.87 Å². The third-order valence-corrected chi connectivity index (χ3v) is 5.21. The van der Waals surface area contributed by atoms with Crippen molar-refractivity contribution in [2.24, 2.45) is 0 Å². The maximum Gasteiger partial charge on any atom is 0.307 e. The van der Waals surface area contributed by atoms with Crippen LogP contribution in [0.4, 0.5) is 0 Å². The van der Waals surface area contributed by atoms with Crippen molar-refractivity contribution >= 4 is 22.9 Å². The maximum atomic E-state index is 12.4. The Morgan fingerprint density at radius 2 is 1.58 bits per heavy atom. The number of hydrogen-bond donors (Lipinski definition) is 2. The molecule has 7 heteroatoms. The first kappa shape index (κ1) is 17.9. The molecule has 1 aromatic heterocycles. The zero-order chi connectivity index (χ0) is 19.0. The summed E-state index contributed by atoms with van der Waals surface area (Å²) in [7, 11) is 0. The van der Waals surface area contributed by atoms with Gasteiger partial charge in [0.15, 0.2) is 11.5 Å². The Morgan fingerprint density at radius 3 is 2.15 bits per heavy atom. The highest BCUT2D eigenvalue weighted by atomic mass is 32.1. The number of aromatic hydroxyl groups is 1. The SMILES string of the molecule is CC1=C(C)C(=O)C(Oc2ccc(Cc3sc(=O)[nH]c3O)cc2)=C(C)C1=O. The number of thiazole rings is 1. The quantitative estimate of drug-likeness (QED) is 0.806. The van der Waals surface area contributed by atoms with Gasteiger partial charge in [0.05, 0.1) is 4.88 Å². The third-order valence-electron chi connectivity index (χ3n) is 4.34. The van der Waals surface area contributed by atoms with Crippen molar-refractivity contribution in [2.45, 2.75) is 27.2 Å². The van der Waals surface area contributed by atoms with Gasteiger partial charge in [-0.25, -0.2) is 0 Å². The first-order chi connectivity index (χ1) is 12.3. The summed E-state index contributed by atoms with van der Waals surface area (Å²) in [6.07, 6.45) is 0.399. The predicted octanol–water partition coefficient (Wildman–Crippen LogP) is 2.87. The molecule has 2 aromatic rings. The van der Waals surface area contributed by atoms with E-state index in [1.54, 1.807) is 45.0 Å². The van der Waals surface area contributed by atoms with E-state index >= 15 is 0 Å². The summed E-state index contributed by atoms with van der Waals surface area (Å²) in [5.74, 6) is -0.113. The van der Waals surface area contributed by atoms with E-state index < -0.39 is 0 Å². The second-order valence-electron chi connectivity index (χ2n) is 6.07. The fourth-order valence-electron chi connectivity index (χ4n) is 2.64. The summed E-state index contributed by atoms with van der Waals surface area (Å²) >= 11 is 0.956. The highest BCUT2D eigenvalue weighted by Gasteiger charge is 2.29. The van der Waals surface area contributed by atoms with Crippen molar-refractivity contribution < 1.29 is 19.4 Å². The highest BCUT2D eigenvalue weighted by Crippen LogP contribution is 2.27. The molecule has 0 atom stereocenters. The van der Waals surface area contributed by atoms with Gasteiger partial charge < -0.3 is 9.84 Å². The lowest BCUT2D eigenvalue weighted by Gasteiger charge is -2.18. The summed E-state index contributed by atoms with van der Waals surface area (Å²) in [6.45, 7) is 4.83. The van der Waals surface area contributed by atoms with E-state index in [4.69, 9.17) is 4.74 Å². The molecule has 0 amide bonds. The molecule has 0 unspecified atom stereocenters. The van der Waals surface area contributed by atoms with E-state index in [9.17, 15) is 19.5 Å². The van der Waals surface area contributed by atoms with Crippen LogP contribution >= 0.6 is 11.3 Å². The van der Waals surface area contributed by atoms with Gasteiger partial charge in [-0.15, -0.1) is 0 Å². The Bertz CT molecular complexity index is 1020. The third kappa shape index (κ3) is 3.25. The lowest BCUT2D eigenvalue weighted by molar-refractivity contribution is -0.118. The van der Waals surface area contributed by atoms with E-state index in [-0.39, 0.29) is 28.1 Å². The van der Waals surface area contributed by atoms with Crippen LogP contribution in [0, 0.1) is 0 Å². The summed E-state index contributed by atoms with van der Waals surface area (Å²) < 4.78 is 5.67. The number of nitrogens with one attached hydrogen (secondary N) is 1. The number of aromatic nitrogens is 1. The summed E-state index contributed by atoms with van der Waals surface area (Å²) in [4.78, 5) is 38.4. The Hall–Kier alpha value is -2.93. The van der Waals surface area contributed by atoms with Crippen LogP contribution in [-0.4, -0.2) is 21.7 Å². The molecule has 3 rings (SSSR count). The monoisotopic (exact) mass is 371 g/mol. The molecular formula is C19H17NO5S. The number of ketones is 2. The van der Waals surface area contributed by atoms with Crippen LogP contribution in [-0.2, 0) is 16.0 Å². The predicted molar refractivity (Wildman–Crippen MR) is 97.6 cm³/mol. The van der Waals surface area contributed by atoms with Crippen molar-refractivity contribution in [3.8, 4) is 11.6 Å². The minimum Gasteiger partial charge on any atom is -0.494 e. The smallest absolute Gasteiger partial charge is 0.307 e. The van der Waals surface area contributed by atoms with Gasteiger partial charge in [-0.3, -0.25) is 19.4 Å². The number of hydrogen-bond acceptors (Lipinski definition) is 6. The number of allylic oxidation sites excluding steroid dienone is 3. The summed E-state index contributed by atoms with van der Waals surface area (Å²) in [5.41, 5.74) is 2.00. The van der Waals surface area contributed by atoms with Crippen LogP contribution in [0.15, 0.2) is 51.5 Å². The van der Waals surface area contributed by atoms with Crippen LogP contribution in [0.5, 0.6) is 11.6 Å². The van der Waals surface area contributed by atoms with Crippen molar-refractivity contribution in [3.05, 3.63) is 66.9 Å². The second kappa shape index (κ2) is 6.76. The molecule has 0 saturated carbocycles. The van der Waals surface area contributed by atoms with Crippen molar-refractivity contribution in [1.82, 2.24) is 4.98 Å². The summed E-state index contributed by atoms with van der Waals surface area (Å²) in [5, 5.41) is 9.64. The molecule has 0 bridgehead atoms. The molecule has 0 saturated heterocycles. The van der Waals surface area contributed by atoms with Crippen molar-refractivity contribution in [3.63, 3.8) is 0 Å². The van der Waals surface area contributed by atoms with Gasteiger partial charge in [-0.05, 0) is 38.5 Å². The molecule has 134 valence electrons. The average Bonchev–Trinajstić information content (AvgIpc) is 2.94. The number of H-pyrrole nitrogens is 1. The van der Waals surface area contributed by atoms with Gasteiger partial charge in [0.25, 0.3) is 0 Å². The Labute approximate surface area is 153 Å². The number of carbonyl (C=O) groups is 2. The van der Waals surface area contributed by atoms with Crippen LogP contribution in [0.3, 0.4) is 0 Å². The molecule has 1 aromatic carbocycles. The van der Waals surface area contributed by atoms with Crippen molar-refractivity contribution in [1.29, 1.82) is 0 Å². The zero-order valence-electron chi connectivity index (χ0n) is 14.5. The molecule has 0 fully saturated rings. The van der Waals surface area contributed by atoms with E-state index in [1.807, 2.05) is 0 Å². The number of carbonyl (C=O) groups excluding carboxylic acids is 2. The first-order valence-corrected chi connectivity index (χ1v) is 8.75. The van der Waals surface area contributed by atoms with E-state index in [2.05, 4.69) is 4.98 Å². The molecule has 1 heterocycles. The number of rotatable bonds is 4. The number of ether oxygens (including phenoxy) is 1. The van der Waals surface area contributed by atoms with Gasteiger partial charge in [-0.2, -0.15) is 0 Å². The van der Waals surface area contributed by atoms with Crippen LogP contribution in [0.1, 0.15) is 31.2 Å². The topological polar surface area (TPSA) is 96.5 Å². The standard InChI is InChI=1S/C19H17NO5S/c1-9-10(2)16(22)17(11(3)15(9)21)25-13-6-4-12(5-7-13)8-14-18(23)20-19(24)26-14/h4-7,23H,8H2,1-3H3,(H,20,24). The first-order valence-electron chi connectivity index (χ1n) is 7.93. The molecule has 0 radical (unpaired) electrons. The number of aromatic amines is 1. The maximum absolute atomic E-state index is 12.4.